The lowest BCUT2D eigenvalue weighted by atomic mass is 9.48. The molecule has 2 fully saturated rings. The predicted molar refractivity (Wildman–Crippen MR) is 153 cm³/mol. The molecule has 212 valence electrons. The van der Waals surface area contributed by atoms with Crippen LogP contribution in [0.25, 0.3) is 6.08 Å². The molecule has 6 rings (SSSR count). The first kappa shape index (κ1) is 26.9. The summed E-state index contributed by atoms with van der Waals surface area (Å²) in [5.74, 6) is 0.502. The fourth-order valence-electron chi connectivity index (χ4n) is 8.30. The zero-order valence-electron chi connectivity index (χ0n) is 24.1. The molecule has 40 heavy (non-hydrogen) atoms. The molecule has 2 aliphatic heterocycles. The van der Waals surface area contributed by atoms with Gasteiger partial charge in [-0.05, 0) is 75.4 Å². The molecule has 1 saturated heterocycles. The summed E-state index contributed by atoms with van der Waals surface area (Å²) in [6.45, 7) is 9.17. The van der Waals surface area contributed by atoms with Gasteiger partial charge in [-0.3, -0.25) is 14.5 Å². The maximum absolute atomic E-state index is 13.9. The number of esters is 1. The van der Waals surface area contributed by atoms with Crippen molar-refractivity contribution in [3.8, 4) is 11.5 Å². The van der Waals surface area contributed by atoms with Gasteiger partial charge in [-0.25, -0.2) is 0 Å². The number of likely N-dealkylation sites (tertiary alicyclic amines) is 1. The van der Waals surface area contributed by atoms with Crippen molar-refractivity contribution in [1.82, 2.24) is 9.80 Å². The first-order valence-electron chi connectivity index (χ1n) is 14.5. The molecule has 1 amide bonds. The number of carbonyl (C=O) groups excluding carboxylic acids is 2. The van der Waals surface area contributed by atoms with Crippen molar-refractivity contribution in [2.24, 2.45) is 5.92 Å². The van der Waals surface area contributed by atoms with Crippen molar-refractivity contribution in [2.75, 3.05) is 20.1 Å². The number of hydrogen-bond acceptors (Lipinski definition) is 6. The number of carbonyl (C=O) groups is 2. The van der Waals surface area contributed by atoms with Gasteiger partial charge in [-0.15, -0.1) is 0 Å². The Morgan fingerprint density at radius 2 is 2.05 bits per heavy atom. The number of amides is 1. The van der Waals surface area contributed by atoms with Crippen LogP contribution >= 0.6 is 0 Å². The minimum absolute atomic E-state index is 0.00402. The van der Waals surface area contributed by atoms with Gasteiger partial charge in [0, 0.05) is 25.1 Å². The number of likely N-dealkylation sites (N-methyl/N-ethyl adjacent to an activating group) is 1. The van der Waals surface area contributed by atoms with E-state index in [2.05, 4.69) is 31.9 Å². The van der Waals surface area contributed by atoms with Crippen molar-refractivity contribution in [3.63, 3.8) is 0 Å². The number of aryl methyl sites for hydroxylation is 1. The third-order valence-corrected chi connectivity index (χ3v) is 9.69. The van der Waals surface area contributed by atoms with E-state index in [1.165, 1.54) is 6.92 Å². The highest BCUT2D eigenvalue weighted by Gasteiger charge is 2.75. The zero-order chi connectivity index (χ0) is 28.4. The molecule has 1 spiro atoms. The van der Waals surface area contributed by atoms with Crippen LogP contribution in [0, 0.1) is 12.8 Å². The number of phenolic OH excluding ortho intramolecular Hbond substituents is 1. The fraction of sp³-hybridized carbons (Fsp3) is 0.515. The summed E-state index contributed by atoms with van der Waals surface area (Å²) in [4.78, 5) is 30.9. The molecule has 2 aromatic rings. The van der Waals surface area contributed by atoms with Crippen molar-refractivity contribution >= 4 is 18.0 Å². The van der Waals surface area contributed by atoms with Gasteiger partial charge in [0.05, 0.1) is 17.5 Å². The van der Waals surface area contributed by atoms with E-state index in [4.69, 9.17) is 9.47 Å². The summed E-state index contributed by atoms with van der Waals surface area (Å²) in [7, 11) is 2.11. The van der Waals surface area contributed by atoms with Gasteiger partial charge in [0.25, 0.3) is 0 Å². The first-order chi connectivity index (χ1) is 19.1. The Balaban J connectivity index is 1.46. The Morgan fingerprint density at radius 1 is 1.25 bits per heavy atom. The first-order valence-corrected chi connectivity index (χ1v) is 14.5. The van der Waals surface area contributed by atoms with Crippen molar-refractivity contribution in [3.05, 3.63) is 64.7 Å². The summed E-state index contributed by atoms with van der Waals surface area (Å²) >= 11 is 0. The molecule has 0 radical (unpaired) electrons. The topological polar surface area (TPSA) is 79.3 Å². The second kappa shape index (κ2) is 9.65. The highest BCUT2D eigenvalue weighted by Crippen LogP contribution is 2.67. The molecule has 5 atom stereocenters. The van der Waals surface area contributed by atoms with Gasteiger partial charge in [0.15, 0.2) is 11.5 Å². The average molecular weight is 545 g/mol. The van der Waals surface area contributed by atoms with E-state index in [0.717, 1.165) is 41.6 Å². The van der Waals surface area contributed by atoms with Crippen LogP contribution in [0.2, 0.25) is 0 Å². The number of hydrogen-bond donors (Lipinski definition) is 1. The summed E-state index contributed by atoms with van der Waals surface area (Å²) < 4.78 is 13.2. The number of ether oxygens (including phenoxy) is 2. The SMILES string of the molecule is CC(=O)O[C@@]12CCC(N(CC(C)C)C(=O)C=Cc3cccc(C)c3)[C@@H]3Oc4c(O)ccc5c4[C@@]31CCN(C)[C@@H]2C5. The average Bonchev–Trinajstić information content (AvgIpc) is 3.25. The van der Waals surface area contributed by atoms with E-state index in [0.29, 0.717) is 25.1 Å². The molecule has 4 aliphatic rings. The largest absolute Gasteiger partial charge is 0.504 e. The number of phenols is 1. The van der Waals surface area contributed by atoms with E-state index in [1.807, 2.05) is 42.2 Å². The number of piperidine rings is 1. The molecule has 7 heteroatoms. The molecule has 1 saturated carbocycles. The Morgan fingerprint density at radius 3 is 2.77 bits per heavy atom. The lowest BCUT2D eigenvalue weighted by Gasteiger charge is -2.65. The summed E-state index contributed by atoms with van der Waals surface area (Å²) in [5.41, 5.74) is 2.82. The molecule has 1 N–H and O–H groups in total. The Hall–Kier alpha value is -3.32. The lowest BCUT2D eigenvalue weighted by molar-refractivity contribution is -0.221. The summed E-state index contributed by atoms with van der Waals surface area (Å²) in [5, 5.41) is 11.0. The Kier molecular flexibility index (Phi) is 6.49. The number of aromatic hydroxyl groups is 1. The van der Waals surface area contributed by atoms with E-state index in [1.54, 1.807) is 12.1 Å². The zero-order valence-corrected chi connectivity index (χ0v) is 24.1. The van der Waals surface area contributed by atoms with E-state index in [-0.39, 0.29) is 35.6 Å². The van der Waals surface area contributed by atoms with Gasteiger partial charge < -0.3 is 19.5 Å². The van der Waals surface area contributed by atoms with Crippen LogP contribution in [0.3, 0.4) is 0 Å². The van der Waals surface area contributed by atoms with E-state index < -0.39 is 17.1 Å². The molecular formula is C33H40N2O5. The third kappa shape index (κ3) is 3.88. The maximum atomic E-state index is 13.9. The van der Waals surface area contributed by atoms with Crippen LogP contribution in [0.15, 0.2) is 42.5 Å². The van der Waals surface area contributed by atoms with Crippen molar-refractivity contribution in [1.29, 1.82) is 0 Å². The molecule has 2 bridgehead atoms. The standard InChI is InChI=1S/C33H40N2O5/c1-20(2)19-35(28(38)12-9-23-8-6-7-21(3)17-23)25-13-14-33(40-22(4)36)27-18-24-10-11-26(37)30-29(24)32(33,31(25)39-30)15-16-34(27)5/h6-12,17,20,25,27,31,37H,13-16,18-19H2,1-5H3/t25?,27-,31+,32+,33-/m1/s1. The van der Waals surface area contributed by atoms with Crippen LogP contribution in [0.1, 0.15) is 62.3 Å². The third-order valence-electron chi connectivity index (χ3n) is 9.69. The van der Waals surface area contributed by atoms with Crippen LogP contribution < -0.4 is 4.74 Å². The van der Waals surface area contributed by atoms with Crippen LogP contribution in [0.4, 0.5) is 0 Å². The number of benzene rings is 2. The summed E-state index contributed by atoms with van der Waals surface area (Å²) in [6.07, 6.45) is 5.84. The van der Waals surface area contributed by atoms with Crippen molar-refractivity contribution in [2.45, 2.75) is 82.6 Å². The predicted octanol–water partition coefficient (Wildman–Crippen LogP) is 4.62. The maximum Gasteiger partial charge on any atom is 0.303 e. The highest BCUT2D eigenvalue weighted by molar-refractivity contribution is 5.92. The second-order valence-electron chi connectivity index (χ2n) is 12.6. The monoisotopic (exact) mass is 544 g/mol. The molecular weight excluding hydrogens is 504 g/mol. The quantitative estimate of drug-likeness (QED) is 0.422. The molecule has 7 nitrogen and oxygen atoms in total. The van der Waals surface area contributed by atoms with Gasteiger partial charge >= 0.3 is 5.97 Å². The van der Waals surface area contributed by atoms with Crippen LogP contribution in [0.5, 0.6) is 11.5 Å². The Labute approximate surface area is 236 Å². The van der Waals surface area contributed by atoms with Crippen molar-refractivity contribution < 1.29 is 24.2 Å². The van der Waals surface area contributed by atoms with Gasteiger partial charge in [0.2, 0.25) is 5.91 Å². The summed E-state index contributed by atoms with van der Waals surface area (Å²) in [6, 6.07) is 11.6. The normalized spacial score (nSPS) is 30.2. The molecule has 1 unspecified atom stereocenters. The van der Waals surface area contributed by atoms with Crippen LogP contribution in [-0.2, 0) is 26.2 Å². The lowest BCUT2D eigenvalue weighted by Crippen LogP contribution is -2.79. The van der Waals surface area contributed by atoms with E-state index in [9.17, 15) is 14.7 Å². The Bertz CT molecular complexity index is 1380. The molecule has 2 aliphatic carbocycles. The highest BCUT2D eigenvalue weighted by atomic mass is 16.6. The number of nitrogens with zero attached hydrogens (tertiary/aromatic N) is 2. The minimum Gasteiger partial charge on any atom is -0.504 e. The molecule has 0 aromatic heterocycles. The van der Waals surface area contributed by atoms with Gasteiger partial charge in [0.1, 0.15) is 11.7 Å². The smallest absolute Gasteiger partial charge is 0.303 e. The number of rotatable bonds is 6. The van der Waals surface area contributed by atoms with E-state index >= 15 is 0 Å². The minimum atomic E-state index is -0.789. The molecule has 2 aromatic carbocycles. The van der Waals surface area contributed by atoms with Gasteiger partial charge in [-0.2, -0.15) is 0 Å². The van der Waals surface area contributed by atoms with Crippen LogP contribution in [-0.4, -0.2) is 70.7 Å². The van der Waals surface area contributed by atoms with Gasteiger partial charge in [-0.1, -0.05) is 49.7 Å². The second-order valence-corrected chi connectivity index (χ2v) is 12.6. The fourth-order valence-corrected chi connectivity index (χ4v) is 8.30. The molecule has 2 heterocycles.